The summed E-state index contributed by atoms with van der Waals surface area (Å²) in [6.45, 7) is 4.10. The molecule has 0 radical (unpaired) electrons. The predicted molar refractivity (Wildman–Crippen MR) is 62.0 cm³/mol. The molecule has 0 saturated heterocycles. The number of ether oxygens (including phenoxy) is 2. The Kier molecular flexibility index (Phi) is 4.74. The molecule has 94 valence electrons. The number of rotatable bonds is 4. The summed E-state index contributed by atoms with van der Waals surface area (Å²) >= 11 is 0. The van der Waals surface area contributed by atoms with Crippen LogP contribution in [0.1, 0.15) is 39.5 Å². The first-order valence-electron chi connectivity index (χ1n) is 5.91. The molecule has 0 heterocycles. The van der Waals surface area contributed by atoms with E-state index in [-0.39, 0.29) is 12.1 Å². The van der Waals surface area contributed by atoms with Crippen molar-refractivity contribution in [1.29, 1.82) is 0 Å². The average molecular weight is 229 g/mol. The molecule has 4 heteroatoms. The SMILES string of the molecule is COC(=O)C(C)(C)COC1CCC(N)CC1. The van der Waals surface area contributed by atoms with Crippen molar-refractivity contribution in [3.05, 3.63) is 0 Å². The fourth-order valence-electron chi connectivity index (χ4n) is 1.92. The van der Waals surface area contributed by atoms with Gasteiger partial charge in [0.25, 0.3) is 0 Å². The van der Waals surface area contributed by atoms with E-state index in [9.17, 15) is 4.79 Å². The number of carbonyl (C=O) groups excluding carboxylic acids is 1. The molecule has 16 heavy (non-hydrogen) atoms. The van der Waals surface area contributed by atoms with Crippen LogP contribution in [0.25, 0.3) is 0 Å². The maximum Gasteiger partial charge on any atom is 0.313 e. The summed E-state index contributed by atoms with van der Waals surface area (Å²) < 4.78 is 10.5. The van der Waals surface area contributed by atoms with Crippen molar-refractivity contribution >= 4 is 5.97 Å². The molecule has 4 nitrogen and oxygen atoms in total. The van der Waals surface area contributed by atoms with Gasteiger partial charge in [-0.25, -0.2) is 0 Å². The second kappa shape index (κ2) is 5.64. The lowest BCUT2D eigenvalue weighted by Crippen LogP contribution is -2.35. The van der Waals surface area contributed by atoms with Gasteiger partial charge in [0, 0.05) is 6.04 Å². The van der Waals surface area contributed by atoms with Gasteiger partial charge in [0.1, 0.15) is 0 Å². The zero-order valence-electron chi connectivity index (χ0n) is 10.5. The Morgan fingerprint density at radius 1 is 1.31 bits per heavy atom. The van der Waals surface area contributed by atoms with Gasteiger partial charge in [-0.15, -0.1) is 0 Å². The standard InChI is InChI=1S/C12H23NO3/c1-12(2,11(14)15-3)8-16-10-6-4-9(13)5-7-10/h9-10H,4-8,13H2,1-3H3. The first-order valence-corrected chi connectivity index (χ1v) is 5.91. The van der Waals surface area contributed by atoms with Crippen LogP contribution >= 0.6 is 0 Å². The third-order valence-electron chi connectivity index (χ3n) is 3.14. The van der Waals surface area contributed by atoms with Crippen LogP contribution in [0.3, 0.4) is 0 Å². The molecule has 1 fully saturated rings. The average Bonchev–Trinajstić information content (AvgIpc) is 2.27. The Balaban J connectivity index is 2.31. The highest BCUT2D eigenvalue weighted by Crippen LogP contribution is 2.24. The fourth-order valence-corrected chi connectivity index (χ4v) is 1.92. The highest BCUT2D eigenvalue weighted by molar-refractivity contribution is 5.75. The topological polar surface area (TPSA) is 61.5 Å². The normalized spacial score (nSPS) is 26.5. The predicted octanol–water partition coefficient (Wildman–Crippen LogP) is 1.47. The van der Waals surface area contributed by atoms with E-state index in [1.165, 1.54) is 7.11 Å². The Labute approximate surface area is 97.5 Å². The zero-order chi connectivity index (χ0) is 12.2. The van der Waals surface area contributed by atoms with Gasteiger partial charge < -0.3 is 15.2 Å². The summed E-state index contributed by atoms with van der Waals surface area (Å²) in [5, 5.41) is 0. The van der Waals surface area contributed by atoms with Crippen molar-refractivity contribution in [3.8, 4) is 0 Å². The molecule has 1 aliphatic rings. The van der Waals surface area contributed by atoms with Gasteiger partial charge in [0.05, 0.1) is 25.2 Å². The molecule has 1 saturated carbocycles. The highest BCUT2D eigenvalue weighted by Gasteiger charge is 2.30. The molecule has 0 aromatic heterocycles. The number of nitrogens with two attached hydrogens (primary N) is 1. The second-order valence-electron chi connectivity index (χ2n) is 5.22. The Bertz CT molecular complexity index is 232. The van der Waals surface area contributed by atoms with Crippen molar-refractivity contribution in [2.24, 2.45) is 11.1 Å². The smallest absolute Gasteiger partial charge is 0.313 e. The molecule has 0 amide bonds. The molecule has 0 aliphatic heterocycles. The molecule has 2 N–H and O–H groups in total. The minimum absolute atomic E-state index is 0.222. The molecular weight excluding hydrogens is 206 g/mol. The lowest BCUT2D eigenvalue weighted by atomic mass is 9.92. The maximum atomic E-state index is 11.4. The van der Waals surface area contributed by atoms with Crippen molar-refractivity contribution < 1.29 is 14.3 Å². The number of hydrogen-bond donors (Lipinski definition) is 1. The van der Waals surface area contributed by atoms with Gasteiger partial charge in [-0.05, 0) is 39.5 Å². The number of hydrogen-bond acceptors (Lipinski definition) is 4. The van der Waals surface area contributed by atoms with Gasteiger partial charge >= 0.3 is 5.97 Å². The van der Waals surface area contributed by atoms with Gasteiger partial charge in [-0.3, -0.25) is 4.79 Å². The van der Waals surface area contributed by atoms with E-state index in [0.29, 0.717) is 12.6 Å². The molecule has 1 aliphatic carbocycles. The summed E-state index contributed by atoms with van der Waals surface area (Å²) in [6, 6.07) is 0.327. The molecule has 0 atom stereocenters. The third kappa shape index (κ3) is 3.76. The lowest BCUT2D eigenvalue weighted by molar-refractivity contribution is -0.156. The monoisotopic (exact) mass is 229 g/mol. The molecule has 0 bridgehead atoms. The van der Waals surface area contributed by atoms with E-state index < -0.39 is 5.41 Å². The molecule has 1 rings (SSSR count). The van der Waals surface area contributed by atoms with E-state index in [4.69, 9.17) is 15.2 Å². The Morgan fingerprint density at radius 2 is 1.88 bits per heavy atom. The van der Waals surface area contributed by atoms with Crippen LogP contribution in [0.15, 0.2) is 0 Å². The highest BCUT2D eigenvalue weighted by atomic mass is 16.5. The third-order valence-corrected chi connectivity index (χ3v) is 3.14. The van der Waals surface area contributed by atoms with E-state index in [2.05, 4.69) is 0 Å². The van der Waals surface area contributed by atoms with E-state index in [0.717, 1.165) is 25.7 Å². The largest absolute Gasteiger partial charge is 0.469 e. The van der Waals surface area contributed by atoms with E-state index >= 15 is 0 Å². The Hall–Kier alpha value is -0.610. The minimum Gasteiger partial charge on any atom is -0.469 e. The van der Waals surface area contributed by atoms with Crippen molar-refractivity contribution in [2.75, 3.05) is 13.7 Å². The van der Waals surface area contributed by atoms with Gasteiger partial charge in [-0.2, -0.15) is 0 Å². The van der Waals surface area contributed by atoms with Crippen LogP contribution < -0.4 is 5.73 Å². The van der Waals surface area contributed by atoms with Crippen LogP contribution in [0.5, 0.6) is 0 Å². The number of carbonyl (C=O) groups is 1. The van der Waals surface area contributed by atoms with E-state index in [1.807, 2.05) is 13.8 Å². The van der Waals surface area contributed by atoms with Crippen LogP contribution in [0.4, 0.5) is 0 Å². The van der Waals surface area contributed by atoms with Gasteiger partial charge in [0.15, 0.2) is 0 Å². The number of esters is 1. The summed E-state index contributed by atoms with van der Waals surface area (Å²) in [7, 11) is 1.41. The van der Waals surface area contributed by atoms with Gasteiger partial charge in [-0.1, -0.05) is 0 Å². The zero-order valence-corrected chi connectivity index (χ0v) is 10.5. The summed E-state index contributed by atoms with van der Waals surface area (Å²) in [5.41, 5.74) is 5.26. The molecule has 0 spiro atoms. The van der Waals surface area contributed by atoms with E-state index in [1.54, 1.807) is 0 Å². The van der Waals surface area contributed by atoms with Crippen LogP contribution in [-0.4, -0.2) is 31.8 Å². The maximum absolute atomic E-state index is 11.4. The molecule has 0 aromatic carbocycles. The lowest BCUT2D eigenvalue weighted by Gasteiger charge is -2.29. The fraction of sp³-hybridized carbons (Fsp3) is 0.917. The molecule has 0 aromatic rings. The van der Waals surface area contributed by atoms with Crippen LogP contribution in [-0.2, 0) is 14.3 Å². The summed E-state index contributed by atoms with van der Waals surface area (Å²) in [5.74, 6) is -0.222. The second-order valence-corrected chi connectivity index (χ2v) is 5.22. The first kappa shape index (κ1) is 13.5. The van der Waals surface area contributed by atoms with Crippen LogP contribution in [0, 0.1) is 5.41 Å². The van der Waals surface area contributed by atoms with Crippen molar-refractivity contribution in [2.45, 2.75) is 51.7 Å². The summed E-state index contributed by atoms with van der Waals surface area (Å²) in [6.07, 6.45) is 4.28. The molecular formula is C12H23NO3. The van der Waals surface area contributed by atoms with Gasteiger partial charge in [0.2, 0.25) is 0 Å². The first-order chi connectivity index (χ1) is 7.45. The van der Waals surface area contributed by atoms with Crippen molar-refractivity contribution in [1.82, 2.24) is 0 Å². The Morgan fingerprint density at radius 3 is 2.38 bits per heavy atom. The summed E-state index contributed by atoms with van der Waals surface area (Å²) in [4.78, 5) is 11.4. The minimum atomic E-state index is -0.561. The number of methoxy groups -OCH3 is 1. The quantitative estimate of drug-likeness (QED) is 0.742. The molecule has 0 unspecified atom stereocenters. The van der Waals surface area contributed by atoms with Crippen molar-refractivity contribution in [3.63, 3.8) is 0 Å². The van der Waals surface area contributed by atoms with Crippen LogP contribution in [0.2, 0.25) is 0 Å².